The van der Waals surface area contributed by atoms with Gasteiger partial charge in [-0.1, -0.05) is 6.58 Å². The minimum Gasteiger partial charge on any atom is -0.455 e. The molecule has 0 aliphatic carbocycles. The average Bonchev–Trinajstić information content (AvgIpc) is 3.55. The van der Waals surface area contributed by atoms with Gasteiger partial charge in [-0.05, 0) is 50.1 Å². The van der Waals surface area contributed by atoms with E-state index < -0.39 is 5.82 Å². The Labute approximate surface area is 240 Å². The Kier molecular flexibility index (Phi) is 6.18. The van der Waals surface area contributed by atoms with Crippen molar-refractivity contribution in [3.8, 4) is 11.5 Å². The third-order valence-corrected chi connectivity index (χ3v) is 8.10. The van der Waals surface area contributed by atoms with Crippen LogP contribution >= 0.6 is 0 Å². The van der Waals surface area contributed by atoms with Gasteiger partial charge in [-0.2, -0.15) is 0 Å². The monoisotopic (exact) mass is 565 g/mol. The number of ether oxygens (including phenoxy) is 1. The molecule has 12 heteroatoms. The topological polar surface area (TPSA) is 114 Å². The number of pyridine rings is 2. The van der Waals surface area contributed by atoms with E-state index in [0.29, 0.717) is 52.5 Å². The van der Waals surface area contributed by atoms with Gasteiger partial charge in [-0.15, -0.1) is 0 Å². The smallest absolute Gasteiger partial charge is 0.246 e. The Balaban J connectivity index is 1.15. The first-order valence-electron chi connectivity index (χ1n) is 13.7. The molecule has 5 aromatic rings. The first-order valence-corrected chi connectivity index (χ1v) is 13.7. The number of piperidine rings is 1. The van der Waals surface area contributed by atoms with Crippen molar-refractivity contribution in [2.24, 2.45) is 7.05 Å². The second-order valence-corrected chi connectivity index (χ2v) is 10.6. The van der Waals surface area contributed by atoms with Crippen LogP contribution in [0.2, 0.25) is 0 Å². The van der Waals surface area contributed by atoms with E-state index in [-0.39, 0.29) is 23.7 Å². The van der Waals surface area contributed by atoms with Crippen LogP contribution in [0.5, 0.6) is 11.5 Å². The fraction of sp³-hybridized carbons (Fsp3) is 0.267. The molecule has 2 aliphatic heterocycles. The van der Waals surface area contributed by atoms with Gasteiger partial charge in [0.25, 0.3) is 0 Å². The lowest BCUT2D eigenvalue weighted by atomic mass is 10.0. The highest BCUT2D eigenvalue weighted by molar-refractivity contribution is 5.89. The summed E-state index contributed by atoms with van der Waals surface area (Å²) in [7, 11) is 1.86. The summed E-state index contributed by atoms with van der Waals surface area (Å²) in [4.78, 5) is 38.8. The van der Waals surface area contributed by atoms with Gasteiger partial charge >= 0.3 is 0 Å². The van der Waals surface area contributed by atoms with E-state index in [4.69, 9.17) is 9.72 Å². The van der Waals surface area contributed by atoms with Gasteiger partial charge in [-0.3, -0.25) is 4.79 Å². The van der Waals surface area contributed by atoms with E-state index in [1.807, 2.05) is 28.6 Å². The third kappa shape index (κ3) is 4.35. The predicted octanol–water partition coefficient (Wildman–Crippen LogP) is 4.66. The number of halogens is 1. The molecule has 2 atom stereocenters. The highest BCUT2D eigenvalue weighted by Crippen LogP contribution is 2.36. The maximum atomic E-state index is 15.6. The zero-order chi connectivity index (χ0) is 29.0. The van der Waals surface area contributed by atoms with Crippen molar-refractivity contribution in [2.45, 2.75) is 31.8 Å². The molecule has 2 saturated heterocycles. The number of carbonyl (C=O) groups is 1. The second-order valence-electron chi connectivity index (χ2n) is 10.6. The standard InChI is InChI=1S/C30H28FN9O2/c1-4-26(41)39-10-9-18-11-19(39)14-40(18)25-8-6-22-28(37-25)29(34-15-33-22)36-21-5-7-24(17(2)27(21)31)42-20-12-23-30(32-13-20)38(3)16-35-23/h4-8,12-13,15-16,18-19H,1,9-11,14H2,2-3H3,(H,33,34,36)/t18-,19+/m0/s1. The summed E-state index contributed by atoms with van der Waals surface area (Å²) < 4.78 is 23.4. The SMILES string of the molecule is C=CC(=O)N1CC[C@H]2C[C@@H]1CN2c1ccc2ncnc(Nc3ccc(Oc4cnc5c(c4)ncn5C)c(C)c3F)c2n1. The molecule has 1 amide bonds. The number of amides is 1. The molecule has 2 fully saturated rings. The summed E-state index contributed by atoms with van der Waals surface area (Å²) in [5.74, 6) is 1.50. The number of carbonyl (C=O) groups excluding carboxylic acids is 1. The van der Waals surface area contributed by atoms with Crippen molar-refractivity contribution in [3.63, 3.8) is 0 Å². The van der Waals surface area contributed by atoms with Crippen LogP contribution in [0, 0.1) is 12.7 Å². The number of nitrogens with one attached hydrogen (secondary N) is 1. The van der Waals surface area contributed by atoms with E-state index in [1.165, 1.54) is 12.4 Å². The first-order chi connectivity index (χ1) is 20.4. The number of hydrogen-bond acceptors (Lipinski definition) is 9. The van der Waals surface area contributed by atoms with Gasteiger partial charge in [0.05, 0.1) is 29.8 Å². The zero-order valence-electron chi connectivity index (χ0n) is 23.2. The lowest BCUT2D eigenvalue weighted by Gasteiger charge is -2.31. The van der Waals surface area contributed by atoms with Crippen molar-refractivity contribution in [1.29, 1.82) is 0 Å². The fourth-order valence-electron chi connectivity index (χ4n) is 5.91. The van der Waals surface area contributed by atoms with E-state index in [0.717, 1.165) is 24.3 Å². The number of rotatable bonds is 6. The largest absolute Gasteiger partial charge is 0.455 e. The normalized spacial score (nSPS) is 18.1. The summed E-state index contributed by atoms with van der Waals surface area (Å²) >= 11 is 0. The third-order valence-electron chi connectivity index (χ3n) is 8.10. The molecule has 7 rings (SSSR count). The van der Waals surface area contributed by atoms with Crippen LogP contribution in [0.1, 0.15) is 18.4 Å². The highest BCUT2D eigenvalue weighted by Gasteiger charge is 2.41. The number of fused-ring (bicyclic) bond motifs is 4. The second kappa shape index (κ2) is 10.1. The Bertz CT molecular complexity index is 1870. The average molecular weight is 566 g/mol. The van der Waals surface area contributed by atoms with Gasteiger partial charge in [0, 0.05) is 37.8 Å². The van der Waals surface area contributed by atoms with E-state index in [9.17, 15) is 4.79 Å². The molecule has 1 N–H and O–H groups in total. The Hall–Kier alpha value is -5.13. The van der Waals surface area contributed by atoms with Crippen molar-refractivity contribution >= 4 is 45.4 Å². The van der Waals surface area contributed by atoms with Crippen LogP contribution in [-0.4, -0.2) is 65.5 Å². The maximum Gasteiger partial charge on any atom is 0.246 e. The first kappa shape index (κ1) is 25.8. The molecule has 212 valence electrons. The van der Waals surface area contributed by atoms with Crippen LogP contribution in [0.15, 0.2) is 61.8 Å². The van der Waals surface area contributed by atoms with E-state index in [1.54, 1.807) is 37.6 Å². The van der Waals surface area contributed by atoms with Crippen molar-refractivity contribution < 1.29 is 13.9 Å². The molecule has 0 radical (unpaired) electrons. The molecule has 2 aliphatic rings. The zero-order valence-corrected chi connectivity index (χ0v) is 23.2. The molecule has 1 aromatic carbocycles. The lowest BCUT2D eigenvalue weighted by Crippen LogP contribution is -2.43. The number of imidazole rings is 1. The molecule has 11 nitrogen and oxygen atoms in total. The molecule has 0 unspecified atom stereocenters. The van der Waals surface area contributed by atoms with Crippen LogP contribution < -0.4 is 15.0 Å². The summed E-state index contributed by atoms with van der Waals surface area (Å²) in [5.41, 5.74) is 3.15. The minimum absolute atomic E-state index is 0.0358. The summed E-state index contributed by atoms with van der Waals surface area (Å²) in [5, 5.41) is 3.12. The number of aromatic nitrogens is 6. The number of likely N-dealkylation sites (tertiary alicyclic amines) is 1. The summed E-state index contributed by atoms with van der Waals surface area (Å²) in [6.07, 6.45) is 7.82. The minimum atomic E-state index is -0.470. The van der Waals surface area contributed by atoms with Crippen LogP contribution in [-0.2, 0) is 11.8 Å². The number of nitrogens with zero attached hydrogens (tertiary/aromatic N) is 8. The number of anilines is 3. The van der Waals surface area contributed by atoms with Crippen molar-refractivity contribution in [3.05, 3.63) is 73.2 Å². The van der Waals surface area contributed by atoms with Gasteiger partial charge < -0.3 is 24.4 Å². The number of benzene rings is 1. The van der Waals surface area contributed by atoms with Crippen LogP contribution in [0.3, 0.4) is 0 Å². The van der Waals surface area contributed by atoms with E-state index in [2.05, 4.69) is 36.7 Å². The fourth-order valence-corrected chi connectivity index (χ4v) is 5.91. The van der Waals surface area contributed by atoms with Gasteiger partial charge in [0.1, 0.15) is 34.7 Å². The maximum absolute atomic E-state index is 15.6. The lowest BCUT2D eigenvalue weighted by molar-refractivity contribution is -0.128. The molecular formula is C30H28FN9O2. The van der Waals surface area contributed by atoms with Crippen LogP contribution in [0.25, 0.3) is 22.2 Å². The predicted molar refractivity (Wildman–Crippen MR) is 156 cm³/mol. The molecular weight excluding hydrogens is 537 g/mol. The molecule has 2 bridgehead atoms. The van der Waals surface area contributed by atoms with Crippen molar-refractivity contribution in [2.75, 3.05) is 23.3 Å². The quantitative estimate of drug-likeness (QED) is 0.294. The summed E-state index contributed by atoms with van der Waals surface area (Å²) in [6.45, 7) is 6.69. The Morgan fingerprint density at radius 1 is 1.14 bits per heavy atom. The van der Waals surface area contributed by atoms with E-state index >= 15 is 4.39 Å². The van der Waals surface area contributed by atoms with Crippen molar-refractivity contribution in [1.82, 2.24) is 34.4 Å². The molecule has 42 heavy (non-hydrogen) atoms. The van der Waals surface area contributed by atoms with Gasteiger partial charge in [0.2, 0.25) is 5.91 Å². The van der Waals surface area contributed by atoms with Gasteiger partial charge in [0.15, 0.2) is 17.3 Å². The Morgan fingerprint density at radius 3 is 2.88 bits per heavy atom. The Morgan fingerprint density at radius 2 is 2.02 bits per heavy atom. The van der Waals surface area contributed by atoms with Gasteiger partial charge in [-0.25, -0.2) is 29.3 Å². The molecule has 6 heterocycles. The van der Waals surface area contributed by atoms with Crippen LogP contribution in [0.4, 0.5) is 21.7 Å². The number of aryl methyl sites for hydroxylation is 1. The summed E-state index contributed by atoms with van der Waals surface area (Å²) in [6, 6.07) is 9.32. The highest BCUT2D eigenvalue weighted by atomic mass is 19.1. The molecule has 0 saturated carbocycles. The number of hydrogen-bond donors (Lipinski definition) is 1. The molecule has 0 spiro atoms. The molecule has 4 aromatic heterocycles.